The number of halogens is 4. The van der Waals surface area contributed by atoms with E-state index in [0.29, 0.717) is 10.9 Å². The van der Waals surface area contributed by atoms with Crippen LogP contribution < -0.4 is 10.3 Å². The maximum absolute atomic E-state index is 13.6. The van der Waals surface area contributed by atoms with Gasteiger partial charge in [-0.2, -0.15) is 13.2 Å². The third-order valence-corrected chi connectivity index (χ3v) is 4.54. The number of methoxy groups -OCH3 is 1. The highest BCUT2D eigenvalue weighted by atomic mass is 35.5. The van der Waals surface area contributed by atoms with E-state index in [1.807, 2.05) is 0 Å². The second kappa shape index (κ2) is 8.74. The smallest absolute Gasteiger partial charge is 0.429 e. The average Bonchev–Trinajstić information content (AvgIpc) is 2.71. The van der Waals surface area contributed by atoms with E-state index in [-0.39, 0.29) is 17.3 Å². The highest BCUT2D eigenvalue weighted by Gasteiger charge is 2.45. The Morgan fingerprint density at radius 2 is 1.97 bits per heavy atom. The molecule has 0 bridgehead atoms. The van der Waals surface area contributed by atoms with Crippen LogP contribution in [-0.2, 0) is 16.1 Å². The molecule has 1 aromatic heterocycles. The van der Waals surface area contributed by atoms with Crippen molar-refractivity contribution >= 4 is 28.5 Å². The number of ether oxygens (including phenoxy) is 2. The lowest BCUT2D eigenvalue weighted by Gasteiger charge is -2.23. The van der Waals surface area contributed by atoms with Gasteiger partial charge in [0.2, 0.25) is 6.10 Å². The molecule has 0 saturated heterocycles. The normalized spacial score (nSPS) is 12.6. The SMILES string of the molecule is COc1ccc(Cl)cc1[C@H](OC(=O)CCn1cnc2ccccc2c1=O)C(F)(F)F. The summed E-state index contributed by atoms with van der Waals surface area (Å²) in [5, 5.41) is 0.370. The molecule has 0 aliphatic carbocycles. The minimum atomic E-state index is -4.89. The van der Waals surface area contributed by atoms with Gasteiger partial charge in [-0.25, -0.2) is 4.98 Å². The monoisotopic (exact) mass is 440 g/mol. The van der Waals surface area contributed by atoms with Gasteiger partial charge in [-0.1, -0.05) is 23.7 Å². The summed E-state index contributed by atoms with van der Waals surface area (Å²) in [5.41, 5.74) is -0.348. The fourth-order valence-corrected chi connectivity index (χ4v) is 3.06. The van der Waals surface area contributed by atoms with Crippen LogP contribution in [0.4, 0.5) is 13.2 Å². The maximum atomic E-state index is 13.6. The second-order valence-corrected chi connectivity index (χ2v) is 6.74. The minimum Gasteiger partial charge on any atom is -0.496 e. The Hall–Kier alpha value is -3.07. The molecule has 1 atom stereocenters. The number of alkyl halides is 3. The van der Waals surface area contributed by atoms with E-state index >= 15 is 0 Å². The van der Waals surface area contributed by atoms with Crippen LogP contribution in [0.1, 0.15) is 18.1 Å². The summed E-state index contributed by atoms with van der Waals surface area (Å²) >= 11 is 5.80. The first kappa shape index (κ1) is 21.6. The molecule has 0 radical (unpaired) electrons. The predicted octanol–water partition coefficient (Wildman–Crippen LogP) is 4.30. The first-order valence-corrected chi connectivity index (χ1v) is 9.12. The molecule has 6 nitrogen and oxygen atoms in total. The van der Waals surface area contributed by atoms with Crippen LogP contribution >= 0.6 is 11.6 Å². The fourth-order valence-electron chi connectivity index (χ4n) is 2.88. The Balaban J connectivity index is 1.79. The van der Waals surface area contributed by atoms with Crippen molar-refractivity contribution in [3.63, 3.8) is 0 Å². The van der Waals surface area contributed by atoms with Gasteiger partial charge in [-0.15, -0.1) is 0 Å². The zero-order valence-electron chi connectivity index (χ0n) is 15.6. The average molecular weight is 441 g/mol. The molecule has 0 unspecified atom stereocenters. The lowest BCUT2D eigenvalue weighted by molar-refractivity contribution is -0.224. The molecule has 0 spiro atoms. The summed E-state index contributed by atoms with van der Waals surface area (Å²) < 4.78 is 51.5. The number of benzene rings is 2. The largest absolute Gasteiger partial charge is 0.496 e. The number of rotatable bonds is 6. The molecule has 0 aliphatic rings. The first-order chi connectivity index (χ1) is 14.2. The van der Waals surface area contributed by atoms with Gasteiger partial charge in [0.1, 0.15) is 5.75 Å². The molecule has 3 aromatic rings. The van der Waals surface area contributed by atoms with Crippen molar-refractivity contribution in [1.29, 1.82) is 0 Å². The van der Waals surface area contributed by atoms with Crippen LogP contribution in [0.15, 0.2) is 53.6 Å². The molecule has 30 heavy (non-hydrogen) atoms. The van der Waals surface area contributed by atoms with Gasteiger partial charge in [-0.05, 0) is 30.3 Å². The van der Waals surface area contributed by atoms with Crippen molar-refractivity contribution in [2.24, 2.45) is 0 Å². The third kappa shape index (κ3) is 4.73. The van der Waals surface area contributed by atoms with Crippen LogP contribution in [0.25, 0.3) is 10.9 Å². The Morgan fingerprint density at radius 3 is 2.67 bits per heavy atom. The van der Waals surface area contributed by atoms with Gasteiger partial charge in [0, 0.05) is 17.1 Å². The van der Waals surface area contributed by atoms with E-state index in [4.69, 9.17) is 21.1 Å². The van der Waals surface area contributed by atoms with Crippen molar-refractivity contribution in [1.82, 2.24) is 9.55 Å². The van der Waals surface area contributed by atoms with Crippen LogP contribution in [0.5, 0.6) is 5.75 Å². The van der Waals surface area contributed by atoms with Gasteiger partial charge < -0.3 is 9.47 Å². The van der Waals surface area contributed by atoms with E-state index in [2.05, 4.69) is 4.98 Å². The number of hydrogen-bond acceptors (Lipinski definition) is 5. The number of aromatic nitrogens is 2. The van der Waals surface area contributed by atoms with Crippen LogP contribution in [0.3, 0.4) is 0 Å². The van der Waals surface area contributed by atoms with Crippen molar-refractivity contribution in [2.45, 2.75) is 25.2 Å². The minimum absolute atomic E-state index is 0.0323. The number of para-hydroxylation sites is 1. The summed E-state index contributed by atoms with van der Waals surface area (Å²) in [5.74, 6) is -1.26. The highest BCUT2D eigenvalue weighted by Crippen LogP contribution is 2.41. The van der Waals surface area contributed by atoms with E-state index < -0.39 is 35.8 Å². The van der Waals surface area contributed by atoms with E-state index in [1.54, 1.807) is 24.3 Å². The molecule has 158 valence electrons. The van der Waals surface area contributed by atoms with Gasteiger partial charge in [0.05, 0.1) is 30.8 Å². The molecule has 10 heteroatoms. The number of carbonyl (C=O) groups is 1. The van der Waals surface area contributed by atoms with E-state index in [9.17, 15) is 22.8 Å². The number of esters is 1. The number of carbonyl (C=O) groups excluding carboxylic acids is 1. The van der Waals surface area contributed by atoms with Crippen molar-refractivity contribution in [2.75, 3.05) is 7.11 Å². The number of hydrogen-bond donors (Lipinski definition) is 0. The van der Waals surface area contributed by atoms with Crippen molar-refractivity contribution in [3.05, 3.63) is 69.7 Å². The molecule has 0 aliphatic heterocycles. The maximum Gasteiger partial charge on any atom is 0.429 e. The van der Waals surface area contributed by atoms with Crippen LogP contribution in [0.2, 0.25) is 5.02 Å². The number of nitrogens with zero attached hydrogens (tertiary/aromatic N) is 2. The molecular formula is C20H16ClF3N2O4. The highest BCUT2D eigenvalue weighted by molar-refractivity contribution is 6.30. The summed E-state index contributed by atoms with van der Waals surface area (Å²) in [6, 6.07) is 10.3. The standard InChI is InChI=1S/C20H16ClF3N2O4/c1-29-16-7-6-12(21)10-14(16)18(20(22,23)24)30-17(27)8-9-26-11-25-15-5-3-2-4-13(15)19(26)28/h2-7,10-11,18H,8-9H2,1H3/t18-/m0/s1. The topological polar surface area (TPSA) is 70.4 Å². The van der Waals surface area contributed by atoms with Gasteiger partial charge in [0.15, 0.2) is 0 Å². The first-order valence-electron chi connectivity index (χ1n) is 8.74. The zero-order valence-corrected chi connectivity index (χ0v) is 16.4. The molecule has 0 fully saturated rings. The quantitative estimate of drug-likeness (QED) is 0.535. The summed E-state index contributed by atoms with van der Waals surface area (Å²) in [6.07, 6.45) is -6.69. The molecule has 1 heterocycles. The van der Waals surface area contributed by atoms with Gasteiger partial charge in [0.25, 0.3) is 5.56 Å². The molecule has 2 aromatic carbocycles. The fraction of sp³-hybridized carbons (Fsp3) is 0.250. The lowest BCUT2D eigenvalue weighted by atomic mass is 10.1. The lowest BCUT2D eigenvalue weighted by Crippen LogP contribution is -2.28. The Kier molecular flexibility index (Phi) is 6.31. The Labute approximate surface area is 173 Å². The molecule has 0 amide bonds. The van der Waals surface area contributed by atoms with E-state index in [1.165, 1.54) is 25.6 Å². The third-order valence-electron chi connectivity index (χ3n) is 4.31. The summed E-state index contributed by atoms with van der Waals surface area (Å²) in [7, 11) is 1.20. The molecule has 0 N–H and O–H groups in total. The summed E-state index contributed by atoms with van der Waals surface area (Å²) in [4.78, 5) is 28.7. The van der Waals surface area contributed by atoms with Crippen molar-refractivity contribution < 1.29 is 27.4 Å². The molecule has 0 saturated carbocycles. The van der Waals surface area contributed by atoms with Crippen LogP contribution in [-0.4, -0.2) is 28.8 Å². The Morgan fingerprint density at radius 1 is 1.23 bits per heavy atom. The number of fused-ring (bicyclic) bond motifs is 1. The number of aryl methyl sites for hydroxylation is 1. The Bertz CT molecular complexity index is 1130. The predicted molar refractivity (Wildman–Crippen MR) is 104 cm³/mol. The van der Waals surface area contributed by atoms with Gasteiger partial charge in [-0.3, -0.25) is 14.2 Å². The second-order valence-electron chi connectivity index (χ2n) is 6.31. The molecular weight excluding hydrogens is 425 g/mol. The van der Waals surface area contributed by atoms with Gasteiger partial charge >= 0.3 is 12.1 Å². The summed E-state index contributed by atoms with van der Waals surface area (Å²) in [6.45, 7) is -0.188. The van der Waals surface area contributed by atoms with Crippen molar-refractivity contribution in [3.8, 4) is 5.75 Å². The van der Waals surface area contributed by atoms with E-state index in [0.717, 1.165) is 10.6 Å². The van der Waals surface area contributed by atoms with Crippen LogP contribution in [0, 0.1) is 0 Å². The molecule has 3 rings (SSSR count). The zero-order chi connectivity index (χ0) is 21.9.